The van der Waals surface area contributed by atoms with Crippen molar-refractivity contribution in [1.82, 2.24) is 9.80 Å². The molecule has 8 heteroatoms. The quantitative estimate of drug-likeness (QED) is 0.474. The lowest BCUT2D eigenvalue weighted by Gasteiger charge is -2.30. The molecule has 0 aromatic heterocycles. The summed E-state index contributed by atoms with van der Waals surface area (Å²) in [6.07, 6.45) is 0. The van der Waals surface area contributed by atoms with Gasteiger partial charge in [-0.05, 0) is 20.8 Å². The molecule has 20 heavy (non-hydrogen) atoms. The van der Waals surface area contributed by atoms with Gasteiger partial charge in [-0.25, -0.2) is 9.79 Å². The molecule has 0 spiro atoms. The molecule has 2 amide bonds. The number of likely N-dealkylation sites (tertiary alicyclic amines) is 1. The average molecular weight is 285 g/mol. The Morgan fingerprint density at radius 1 is 1.40 bits per heavy atom. The van der Waals surface area contributed by atoms with Crippen molar-refractivity contribution in [1.29, 1.82) is 0 Å². The molecule has 0 aromatic carbocycles. The van der Waals surface area contributed by atoms with Gasteiger partial charge in [0.15, 0.2) is 5.96 Å². The Balaban J connectivity index is 2.87. The van der Waals surface area contributed by atoms with Crippen LogP contribution in [0.15, 0.2) is 4.99 Å². The number of hydrogen-bond acceptors (Lipinski definition) is 3. The van der Waals surface area contributed by atoms with Gasteiger partial charge in [0.1, 0.15) is 0 Å². The molecule has 1 rings (SSSR count). The summed E-state index contributed by atoms with van der Waals surface area (Å²) in [6, 6.07) is -0.715. The van der Waals surface area contributed by atoms with Gasteiger partial charge in [0.2, 0.25) is 0 Å². The largest absolute Gasteiger partial charge is 0.481 e. The normalized spacial score (nSPS) is 21.9. The van der Waals surface area contributed by atoms with E-state index < -0.39 is 17.9 Å². The van der Waals surface area contributed by atoms with Gasteiger partial charge in [-0.1, -0.05) is 0 Å². The van der Waals surface area contributed by atoms with E-state index in [1.54, 1.807) is 4.90 Å². The lowest BCUT2D eigenvalue weighted by molar-refractivity contribution is -0.141. The SMILES string of the molecule is CCN(C(=O)N1C[C@H](C(=O)O)[C@H](N=C(N)N)C1)C(C)C. The minimum atomic E-state index is -0.997. The van der Waals surface area contributed by atoms with E-state index in [1.165, 1.54) is 4.90 Å². The number of aliphatic imine (C=N–C) groups is 1. The fourth-order valence-corrected chi connectivity index (χ4v) is 2.41. The van der Waals surface area contributed by atoms with E-state index in [9.17, 15) is 14.7 Å². The Morgan fingerprint density at radius 3 is 2.40 bits per heavy atom. The summed E-state index contributed by atoms with van der Waals surface area (Å²) < 4.78 is 0. The van der Waals surface area contributed by atoms with Crippen LogP contribution in [0.25, 0.3) is 0 Å². The van der Waals surface area contributed by atoms with E-state index in [0.29, 0.717) is 6.54 Å². The number of hydrogen-bond donors (Lipinski definition) is 3. The molecule has 0 aromatic rings. The highest BCUT2D eigenvalue weighted by Gasteiger charge is 2.41. The summed E-state index contributed by atoms with van der Waals surface area (Å²) in [7, 11) is 0. The van der Waals surface area contributed by atoms with Gasteiger partial charge < -0.3 is 26.4 Å². The Kier molecular flexibility index (Phi) is 5.18. The highest BCUT2D eigenvalue weighted by atomic mass is 16.4. The minimum absolute atomic E-state index is 0.0536. The lowest BCUT2D eigenvalue weighted by Crippen LogP contribution is -2.45. The molecule has 1 saturated heterocycles. The van der Waals surface area contributed by atoms with E-state index >= 15 is 0 Å². The highest BCUT2D eigenvalue weighted by molar-refractivity contribution is 5.80. The highest BCUT2D eigenvalue weighted by Crippen LogP contribution is 2.22. The molecular weight excluding hydrogens is 262 g/mol. The number of carboxylic acid groups (broad SMARTS) is 1. The molecule has 1 aliphatic heterocycles. The summed E-state index contributed by atoms with van der Waals surface area (Å²) in [5, 5.41) is 9.20. The molecule has 0 saturated carbocycles. The summed E-state index contributed by atoms with van der Waals surface area (Å²) in [6.45, 7) is 6.63. The van der Waals surface area contributed by atoms with Crippen LogP contribution in [0.1, 0.15) is 20.8 Å². The third-order valence-corrected chi connectivity index (χ3v) is 3.40. The van der Waals surface area contributed by atoms with Gasteiger partial charge in [-0.15, -0.1) is 0 Å². The third-order valence-electron chi connectivity index (χ3n) is 3.40. The van der Waals surface area contributed by atoms with Gasteiger partial charge in [0.05, 0.1) is 12.0 Å². The maximum absolute atomic E-state index is 12.4. The number of carbonyl (C=O) groups excluding carboxylic acids is 1. The molecule has 1 heterocycles. The van der Waals surface area contributed by atoms with Gasteiger partial charge in [0, 0.05) is 25.7 Å². The van der Waals surface area contributed by atoms with Gasteiger partial charge in [-0.2, -0.15) is 0 Å². The van der Waals surface area contributed by atoms with Crippen LogP contribution in [-0.4, -0.2) is 64.6 Å². The fraction of sp³-hybridized carbons (Fsp3) is 0.750. The first-order valence-corrected chi connectivity index (χ1v) is 6.65. The molecule has 0 unspecified atom stereocenters. The van der Waals surface area contributed by atoms with Crippen LogP contribution < -0.4 is 11.5 Å². The second kappa shape index (κ2) is 6.44. The van der Waals surface area contributed by atoms with E-state index in [4.69, 9.17) is 11.5 Å². The number of nitrogens with zero attached hydrogens (tertiary/aromatic N) is 3. The monoisotopic (exact) mass is 285 g/mol. The summed E-state index contributed by atoms with van der Waals surface area (Å²) in [5.41, 5.74) is 10.6. The maximum atomic E-state index is 12.4. The van der Waals surface area contributed by atoms with Gasteiger partial charge in [0.25, 0.3) is 0 Å². The Hall–Kier alpha value is -1.99. The van der Waals surface area contributed by atoms with Crippen molar-refractivity contribution in [2.45, 2.75) is 32.9 Å². The number of amides is 2. The standard InChI is InChI=1S/C12H23N5O3/c1-4-17(7(2)3)12(20)16-5-8(10(18)19)9(6-16)15-11(13)14/h7-9H,4-6H2,1-3H3,(H,18,19)(H4,13,14,15)/t8-,9+/m0/s1. The number of urea groups is 1. The van der Waals surface area contributed by atoms with Gasteiger partial charge in [-0.3, -0.25) is 4.79 Å². The number of nitrogens with two attached hydrogens (primary N) is 2. The van der Waals surface area contributed by atoms with Crippen molar-refractivity contribution < 1.29 is 14.7 Å². The first-order chi connectivity index (χ1) is 9.27. The Labute approximate surface area is 118 Å². The predicted molar refractivity (Wildman–Crippen MR) is 75.2 cm³/mol. The van der Waals surface area contributed by atoms with E-state index in [-0.39, 0.29) is 31.1 Å². The molecule has 114 valence electrons. The van der Waals surface area contributed by atoms with Crippen LogP contribution in [0.5, 0.6) is 0 Å². The molecular formula is C12H23N5O3. The van der Waals surface area contributed by atoms with Crippen LogP contribution in [0.4, 0.5) is 4.79 Å². The number of aliphatic carboxylic acids is 1. The van der Waals surface area contributed by atoms with Crippen molar-refractivity contribution in [2.75, 3.05) is 19.6 Å². The zero-order valence-electron chi connectivity index (χ0n) is 12.1. The number of rotatable bonds is 4. The van der Waals surface area contributed by atoms with Crippen molar-refractivity contribution in [3.63, 3.8) is 0 Å². The lowest BCUT2D eigenvalue weighted by atomic mass is 10.1. The number of guanidine groups is 1. The van der Waals surface area contributed by atoms with Crippen LogP contribution in [0, 0.1) is 5.92 Å². The summed E-state index contributed by atoms with van der Waals surface area (Å²) in [5.74, 6) is -1.93. The molecule has 1 fully saturated rings. The van der Waals surface area contributed by atoms with E-state index in [2.05, 4.69) is 4.99 Å². The minimum Gasteiger partial charge on any atom is -0.481 e. The smallest absolute Gasteiger partial charge is 0.320 e. The molecule has 0 radical (unpaired) electrons. The van der Waals surface area contributed by atoms with Crippen molar-refractivity contribution in [3.05, 3.63) is 0 Å². The number of carbonyl (C=O) groups is 2. The zero-order valence-corrected chi connectivity index (χ0v) is 12.1. The van der Waals surface area contributed by atoms with E-state index in [0.717, 1.165) is 0 Å². The second-order valence-electron chi connectivity index (χ2n) is 5.13. The Bertz CT molecular complexity index is 406. The number of carboxylic acids is 1. The Morgan fingerprint density at radius 2 is 2.00 bits per heavy atom. The maximum Gasteiger partial charge on any atom is 0.320 e. The molecule has 8 nitrogen and oxygen atoms in total. The molecule has 5 N–H and O–H groups in total. The van der Waals surface area contributed by atoms with Crippen LogP contribution in [-0.2, 0) is 4.79 Å². The van der Waals surface area contributed by atoms with Crippen LogP contribution in [0.3, 0.4) is 0 Å². The van der Waals surface area contributed by atoms with E-state index in [1.807, 2.05) is 20.8 Å². The third kappa shape index (κ3) is 3.52. The van der Waals surface area contributed by atoms with Crippen molar-refractivity contribution >= 4 is 18.0 Å². The average Bonchev–Trinajstić information content (AvgIpc) is 2.72. The zero-order chi connectivity index (χ0) is 15.4. The first-order valence-electron chi connectivity index (χ1n) is 6.65. The topological polar surface area (TPSA) is 125 Å². The fourth-order valence-electron chi connectivity index (χ4n) is 2.41. The summed E-state index contributed by atoms with van der Waals surface area (Å²) in [4.78, 5) is 30.7. The first kappa shape index (κ1) is 16.1. The predicted octanol–water partition coefficient (Wildman–Crippen LogP) is -0.505. The van der Waals surface area contributed by atoms with Gasteiger partial charge >= 0.3 is 12.0 Å². The second-order valence-corrected chi connectivity index (χ2v) is 5.13. The molecule has 0 bridgehead atoms. The molecule has 2 atom stereocenters. The van der Waals surface area contributed by atoms with Crippen molar-refractivity contribution in [2.24, 2.45) is 22.4 Å². The molecule has 0 aliphatic carbocycles. The van der Waals surface area contributed by atoms with Crippen molar-refractivity contribution in [3.8, 4) is 0 Å². The summed E-state index contributed by atoms with van der Waals surface area (Å²) >= 11 is 0. The van der Waals surface area contributed by atoms with Crippen LogP contribution >= 0.6 is 0 Å². The molecule has 1 aliphatic rings. The van der Waals surface area contributed by atoms with Crippen LogP contribution in [0.2, 0.25) is 0 Å².